The first-order valence-electron chi connectivity index (χ1n) is 8.60. The minimum Gasteiger partial charge on any atom is -0.487 e. The molecule has 0 fully saturated rings. The Morgan fingerprint density at radius 1 is 1.34 bits per heavy atom. The fourth-order valence-electron chi connectivity index (χ4n) is 2.68. The molecule has 0 bridgehead atoms. The fraction of sp³-hybridized carbons (Fsp3) is 0.158. The molecule has 0 spiro atoms. The third kappa shape index (κ3) is 4.01. The molecule has 0 aliphatic carbocycles. The van der Waals surface area contributed by atoms with E-state index in [2.05, 4.69) is 20.6 Å². The second-order valence-corrected chi connectivity index (χ2v) is 7.38. The first-order chi connectivity index (χ1) is 14.0. The summed E-state index contributed by atoms with van der Waals surface area (Å²) >= 11 is 7.43. The quantitative estimate of drug-likeness (QED) is 0.490. The topological polar surface area (TPSA) is 95.1 Å². The van der Waals surface area contributed by atoms with Gasteiger partial charge in [-0.1, -0.05) is 28.9 Å². The molecule has 4 rings (SSSR count). The van der Waals surface area contributed by atoms with Gasteiger partial charge in [0, 0.05) is 18.6 Å². The third-order valence-corrected chi connectivity index (χ3v) is 5.29. The Kier molecular flexibility index (Phi) is 5.32. The lowest BCUT2D eigenvalue weighted by molar-refractivity contribution is 0.101. The Balaban J connectivity index is 1.49. The minimum atomic E-state index is -0.425. The number of rotatable bonds is 6. The largest absolute Gasteiger partial charge is 0.487 e. The summed E-state index contributed by atoms with van der Waals surface area (Å²) < 4.78 is 12.6. The van der Waals surface area contributed by atoms with Gasteiger partial charge in [-0.25, -0.2) is 4.98 Å². The summed E-state index contributed by atoms with van der Waals surface area (Å²) in [5.41, 5.74) is 2.27. The Bertz CT molecular complexity index is 1170. The maximum atomic E-state index is 12.7. The Labute approximate surface area is 175 Å². The highest BCUT2D eigenvalue weighted by atomic mass is 35.5. The lowest BCUT2D eigenvalue weighted by Gasteiger charge is -2.08. The number of hydrogen-bond acceptors (Lipinski definition) is 7. The molecule has 0 saturated carbocycles. The number of nitrogens with zero attached hydrogens (tertiary/aromatic N) is 4. The highest BCUT2D eigenvalue weighted by Crippen LogP contribution is 2.27. The van der Waals surface area contributed by atoms with Gasteiger partial charge < -0.3 is 9.26 Å². The number of amides is 1. The number of hydrogen-bond donors (Lipinski definition) is 1. The van der Waals surface area contributed by atoms with Gasteiger partial charge in [-0.15, -0.1) is 11.3 Å². The van der Waals surface area contributed by atoms with E-state index in [0.717, 1.165) is 11.4 Å². The third-order valence-electron chi connectivity index (χ3n) is 4.22. The molecule has 0 saturated heterocycles. The van der Waals surface area contributed by atoms with Crippen LogP contribution >= 0.6 is 22.9 Å². The summed E-state index contributed by atoms with van der Waals surface area (Å²) in [5.74, 6) is 0.587. The van der Waals surface area contributed by atoms with Gasteiger partial charge >= 0.3 is 0 Å². The van der Waals surface area contributed by atoms with Crippen LogP contribution in [0.25, 0.3) is 11.4 Å². The van der Waals surface area contributed by atoms with E-state index in [0.29, 0.717) is 27.2 Å². The van der Waals surface area contributed by atoms with E-state index < -0.39 is 5.91 Å². The van der Waals surface area contributed by atoms with Crippen molar-refractivity contribution in [2.75, 3.05) is 5.32 Å². The number of thiazole rings is 1. The highest BCUT2D eigenvalue weighted by Gasteiger charge is 2.22. The summed E-state index contributed by atoms with van der Waals surface area (Å²) in [6.45, 7) is 1.82. The molecule has 0 aliphatic heterocycles. The molecule has 1 amide bonds. The summed E-state index contributed by atoms with van der Waals surface area (Å²) in [4.78, 5) is 17.2. The van der Waals surface area contributed by atoms with Crippen molar-refractivity contribution in [3.63, 3.8) is 0 Å². The second-order valence-electron chi connectivity index (χ2n) is 6.12. The number of aromatic nitrogens is 4. The molecule has 1 aromatic carbocycles. The van der Waals surface area contributed by atoms with E-state index in [-0.39, 0.29) is 12.3 Å². The van der Waals surface area contributed by atoms with Gasteiger partial charge in [-0.05, 0) is 25.1 Å². The summed E-state index contributed by atoms with van der Waals surface area (Å²) in [6, 6.07) is 8.96. The summed E-state index contributed by atoms with van der Waals surface area (Å²) in [7, 11) is 1.83. The van der Waals surface area contributed by atoms with Crippen LogP contribution in [-0.2, 0) is 13.7 Å². The number of ether oxygens (including phenoxy) is 1. The molecule has 0 aliphatic rings. The van der Waals surface area contributed by atoms with E-state index in [1.54, 1.807) is 29.9 Å². The molecule has 8 nitrogen and oxygen atoms in total. The molecule has 29 heavy (non-hydrogen) atoms. The zero-order valence-electron chi connectivity index (χ0n) is 15.5. The van der Waals surface area contributed by atoms with E-state index in [1.807, 2.05) is 30.6 Å². The number of para-hydroxylation sites is 1. The number of anilines is 1. The van der Waals surface area contributed by atoms with E-state index in [9.17, 15) is 4.79 Å². The van der Waals surface area contributed by atoms with Crippen LogP contribution in [0.4, 0.5) is 5.13 Å². The van der Waals surface area contributed by atoms with Crippen molar-refractivity contribution >= 4 is 34.0 Å². The molecule has 0 atom stereocenters. The Hall–Kier alpha value is -3.17. The predicted octanol–water partition coefficient (Wildman–Crippen LogP) is 4.32. The van der Waals surface area contributed by atoms with E-state index in [1.165, 1.54) is 11.3 Å². The first kappa shape index (κ1) is 19.2. The maximum Gasteiger partial charge on any atom is 0.280 e. The SMILES string of the molecule is Cc1onc(C(=O)Nc2nc(-c3ccnn3C)cs2)c1COc1ccccc1Cl. The van der Waals surface area contributed by atoms with Crippen LogP contribution in [0, 0.1) is 6.92 Å². The van der Waals surface area contributed by atoms with Gasteiger partial charge in [0.05, 0.1) is 16.3 Å². The van der Waals surface area contributed by atoms with Crippen molar-refractivity contribution in [1.82, 2.24) is 19.9 Å². The molecule has 3 heterocycles. The summed E-state index contributed by atoms with van der Waals surface area (Å²) in [5, 5.41) is 13.5. The molecule has 3 aromatic heterocycles. The highest BCUT2D eigenvalue weighted by molar-refractivity contribution is 7.14. The average Bonchev–Trinajstić information content (AvgIpc) is 3.41. The van der Waals surface area contributed by atoms with Crippen molar-refractivity contribution in [2.24, 2.45) is 7.05 Å². The zero-order valence-corrected chi connectivity index (χ0v) is 17.1. The van der Waals surface area contributed by atoms with Crippen LogP contribution in [0.3, 0.4) is 0 Å². The number of halogens is 1. The molecular weight excluding hydrogens is 414 g/mol. The standard InChI is InChI=1S/C19H16ClN5O3S/c1-11-12(9-27-16-6-4-3-5-13(16)20)17(24-28-11)18(26)23-19-22-14(10-29-19)15-7-8-21-25(15)2/h3-8,10H,9H2,1-2H3,(H,22,23,26). The maximum absolute atomic E-state index is 12.7. The smallest absolute Gasteiger partial charge is 0.280 e. The Morgan fingerprint density at radius 3 is 2.93 bits per heavy atom. The second kappa shape index (κ2) is 8.06. The normalized spacial score (nSPS) is 10.9. The van der Waals surface area contributed by atoms with Crippen LogP contribution in [0.5, 0.6) is 5.75 Å². The van der Waals surface area contributed by atoms with Gasteiger partial charge in [-0.2, -0.15) is 5.10 Å². The van der Waals surface area contributed by atoms with Gasteiger partial charge in [0.25, 0.3) is 5.91 Å². The number of carbonyl (C=O) groups excluding carboxylic acids is 1. The average molecular weight is 430 g/mol. The van der Waals surface area contributed by atoms with Crippen molar-refractivity contribution in [3.05, 3.63) is 63.9 Å². The lowest BCUT2D eigenvalue weighted by Crippen LogP contribution is -2.15. The number of carbonyl (C=O) groups is 1. The molecule has 148 valence electrons. The molecule has 10 heteroatoms. The van der Waals surface area contributed by atoms with Crippen molar-refractivity contribution in [3.8, 4) is 17.1 Å². The zero-order chi connectivity index (χ0) is 20.4. The number of benzene rings is 1. The molecule has 4 aromatic rings. The van der Waals surface area contributed by atoms with Crippen LogP contribution < -0.4 is 10.1 Å². The van der Waals surface area contributed by atoms with Crippen molar-refractivity contribution in [2.45, 2.75) is 13.5 Å². The Morgan fingerprint density at radius 2 is 2.17 bits per heavy atom. The van der Waals surface area contributed by atoms with Gasteiger partial charge in [-0.3, -0.25) is 14.8 Å². The van der Waals surface area contributed by atoms with Crippen LogP contribution in [0.15, 0.2) is 46.4 Å². The molecule has 0 unspecified atom stereocenters. The summed E-state index contributed by atoms with van der Waals surface area (Å²) in [6.07, 6.45) is 1.69. The van der Waals surface area contributed by atoms with E-state index >= 15 is 0 Å². The fourth-order valence-corrected chi connectivity index (χ4v) is 3.57. The molecular formula is C19H16ClN5O3S. The van der Waals surface area contributed by atoms with Crippen LogP contribution in [0.2, 0.25) is 5.02 Å². The lowest BCUT2D eigenvalue weighted by atomic mass is 10.2. The minimum absolute atomic E-state index is 0.0972. The van der Waals surface area contributed by atoms with Crippen molar-refractivity contribution < 1.29 is 14.1 Å². The predicted molar refractivity (Wildman–Crippen MR) is 109 cm³/mol. The van der Waals surface area contributed by atoms with Crippen LogP contribution in [0.1, 0.15) is 21.8 Å². The van der Waals surface area contributed by atoms with Gasteiger partial charge in [0.15, 0.2) is 10.8 Å². The number of aryl methyl sites for hydroxylation is 2. The van der Waals surface area contributed by atoms with Crippen molar-refractivity contribution in [1.29, 1.82) is 0 Å². The van der Waals surface area contributed by atoms with Gasteiger partial charge in [0.1, 0.15) is 23.8 Å². The van der Waals surface area contributed by atoms with Gasteiger partial charge in [0.2, 0.25) is 0 Å². The number of nitrogens with one attached hydrogen (secondary N) is 1. The first-order valence-corrected chi connectivity index (χ1v) is 9.86. The molecule has 1 N–H and O–H groups in total. The monoisotopic (exact) mass is 429 g/mol. The van der Waals surface area contributed by atoms with E-state index in [4.69, 9.17) is 20.9 Å². The molecule has 0 radical (unpaired) electrons. The van der Waals surface area contributed by atoms with Crippen LogP contribution in [-0.4, -0.2) is 25.8 Å².